The summed E-state index contributed by atoms with van der Waals surface area (Å²) in [7, 11) is 6.84. The zero-order valence-electron chi connectivity index (χ0n) is 15.1. The van der Waals surface area contributed by atoms with Crippen LogP contribution in [-0.4, -0.2) is 49.8 Å². The van der Waals surface area contributed by atoms with E-state index in [-0.39, 0.29) is 11.1 Å². The molecule has 134 valence electrons. The maximum Gasteiger partial charge on any atom is 0.267 e. The first-order valence-corrected chi connectivity index (χ1v) is 7.56. The van der Waals surface area contributed by atoms with Gasteiger partial charge in [0.2, 0.25) is 0 Å². The van der Waals surface area contributed by atoms with Crippen molar-refractivity contribution in [2.24, 2.45) is 0 Å². The number of rotatable bonds is 6. The summed E-state index contributed by atoms with van der Waals surface area (Å²) in [5.74, 6) is -1.06. The Kier molecular flexibility index (Phi) is 7.40. The molecule has 0 aliphatic carbocycles. The number of benzene rings is 1. The molecule has 1 rings (SSSR count). The highest BCUT2D eigenvalue weighted by Crippen LogP contribution is 2.15. The fourth-order valence-corrected chi connectivity index (χ4v) is 1.83. The maximum atomic E-state index is 12.0. The Morgan fingerprint density at radius 3 is 1.35 bits per heavy atom. The molecule has 2 amide bonds. The molecule has 0 fully saturated rings. The summed E-state index contributed by atoms with van der Waals surface area (Å²) in [6.45, 7) is 0. The average molecular weight is 352 g/mol. The average Bonchev–Trinajstić information content (AvgIpc) is 2.58. The minimum absolute atomic E-state index is 0.0279. The molecular weight excluding hydrogens is 332 g/mol. The second-order valence-corrected chi connectivity index (χ2v) is 5.72. The Labute approximate surface area is 152 Å². The number of hydrogen-bond donors (Lipinski definition) is 2. The van der Waals surface area contributed by atoms with Gasteiger partial charge in [-0.25, -0.2) is 0 Å². The van der Waals surface area contributed by atoms with Gasteiger partial charge in [-0.1, -0.05) is 0 Å². The molecule has 0 aromatic heterocycles. The Morgan fingerprint density at radius 1 is 0.808 bits per heavy atom. The topological polar surface area (TPSA) is 112 Å². The molecule has 0 unspecified atom stereocenters. The van der Waals surface area contributed by atoms with Crippen molar-refractivity contribution in [2.75, 3.05) is 38.8 Å². The van der Waals surface area contributed by atoms with E-state index in [9.17, 15) is 9.59 Å². The molecule has 0 saturated heterocycles. The van der Waals surface area contributed by atoms with Gasteiger partial charge >= 0.3 is 0 Å². The van der Waals surface area contributed by atoms with Crippen LogP contribution in [0.1, 0.15) is 0 Å². The summed E-state index contributed by atoms with van der Waals surface area (Å²) in [6.07, 6.45) is 2.84. The molecular formula is C18H20N6O2. The van der Waals surface area contributed by atoms with Crippen molar-refractivity contribution >= 4 is 23.2 Å². The summed E-state index contributed by atoms with van der Waals surface area (Å²) >= 11 is 0. The van der Waals surface area contributed by atoms with Gasteiger partial charge < -0.3 is 20.4 Å². The summed E-state index contributed by atoms with van der Waals surface area (Å²) in [6, 6.07) is 10.0. The first-order valence-electron chi connectivity index (χ1n) is 7.56. The molecule has 0 spiro atoms. The molecule has 26 heavy (non-hydrogen) atoms. The van der Waals surface area contributed by atoms with Crippen LogP contribution >= 0.6 is 0 Å². The molecule has 0 aliphatic rings. The van der Waals surface area contributed by atoms with Gasteiger partial charge in [-0.15, -0.1) is 0 Å². The van der Waals surface area contributed by atoms with Crippen molar-refractivity contribution in [3.8, 4) is 12.1 Å². The largest absolute Gasteiger partial charge is 0.382 e. The van der Waals surface area contributed by atoms with E-state index < -0.39 is 11.8 Å². The number of carbonyl (C=O) groups is 2. The monoisotopic (exact) mass is 352 g/mol. The van der Waals surface area contributed by atoms with Crippen LogP contribution in [0.2, 0.25) is 0 Å². The Hall–Kier alpha value is -3.78. The van der Waals surface area contributed by atoms with E-state index in [1.165, 1.54) is 12.4 Å². The molecule has 1 aromatic carbocycles. The molecule has 0 saturated carbocycles. The van der Waals surface area contributed by atoms with Crippen LogP contribution in [0.15, 0.2) is 47.8 Å². The Balaban J connectivity index is 2.81. The van der Waals surface area contributed by atoms with E-state index in [2.05, 4.69) is 10.6 Å². The second-order valence-electron chi connectivity index (χ2n) is 5.72. The Bertz CT molecular complexity index is 739. The lowest BCUT2D eigenvalue weighted by atomic mass is 10.2. The van der Waals surface area contributed by atoms with E-state index in [0.717, 1.165) is 0 Å². The van der Waals surface area contributed by atoms with Gasteiger partial charge in [0.15, 0.2) is 0 Å². The molecule has 1 aromatic rings. The minimum atomic E-state index is -0.529. The highest BCUT2D eigenvalue weighted by Gasteiger charge is 2.11. The normalized spacial score (nSPS) is 11.0. The highest BCUT2D eigenvalue weighted by atomic mass is 16.2. The number of amides is 2. The van der Waals surface area contributed by atoms with Crippen LogP contribution in [0.5, 0.6) is 0 Å². The number of nitrogens with one attached hydrogen (secondary N) is 2. The number of anilines is 2. The lowest BCUT2D eigenvalue weighted by Crippen LogP contribution is -2.17. The molecule has 0 bridgehead atoms. The molecule has 0 atom stereocenters. The van der Waals surface area contributed by atoms with Gasteiger partial charge in [0.25, 0.3) is 11.8 Å². The molecule has 0 aliphatic heterocycles. The van der Waals surface area contributed by atoms with E-state index in [1.54, 1.807) is 62.3 Å². The number of carbonyl (C=O) groups excluding carboxylic acids is 2. The van der Waals surface area contributed by atoms with Gasteiger partial charge in [0, 0.05) is 52.0 Å². The standard InChI is InChI=1S/C18H20N6O2/c1-23(2)11-13(9-19)17(25)21-15-5-7-16(8-6-15)22-18(26)14(10-20)12-24(3)4/h5-8,11-12H,1-4H3,(H,21,25)(H,22,26). The molecule has 0 heterocycles. The van der Waals surface area contributed by atoms with Crippen molar-refractivity contribution in [2.45, 2.75) is 0 Å². The maximum absolute atomic E-state index is 12.0. The summed E-state index contributed by atoms with van der Waals surface area (Å²) in [4.78, 5) is 27.3. The van der Waals surface area contributed by atoms with Crippen LogP contribution in [0.25, 0.3) is 0 Å². The first kappa shape index (κ1) is 20.3. The molecule has 2 N–H and O–H groups in total. The van der Waals surface area contributed by atoms with E-state index in [1.807, 2.05) is 12.1 Å². The van der Waals surface area contributed by atoms with Crippen LogP contribution in [0.4, 0.5) is 11.4 Å². The molecule has 0 radical (unpaired) electrons. The summed E-state index contributed by atoms with van der Waals surface area (Å²) in [5, 5.41) is 23.2. The van der Waals surface area contributed by atoms with Gasteiger partial charge in [-0.2, -0.15) is 10.5 Å². The van der Waals surface area contributed by atoms with Crippen molar-refractivity contribution in [3.05, 3.63) is 47.8 Å². The lowest BCUT2D eigenvalue weighted by molar-refractivity contribution is -0.113. The van der Waals surface area contributed by atoms with Gasteiger partial charge in [0.1, 0.15) is 23.3 Å². The van der Waals surface area contributed by atoms with Crippen molar-refractivity contribution in [1.82, 2.24) is 9.80 Å². The zero-order chi connectivity index (χ0) is 19.7. The summed E-state index contributed by atoms with van der Waals surface area (Å²) in [5.41, 5.74) is 0.884. The first-order chi connectivity index (χ1) is 12.3. The number of nitrogens with zero attached hydrogens (tertiary/aromatic N) is 4. The fourth-order valence-electron chi connectivity index (χ4n) is 1.83. The highest BCUT2D eigenvalue weighted by molar-refractivity contribution is 6.07. The van der Waals surface area contributed by atoms with Gasteiger partial charge in [-0.3, -0.25) is 9.59 Å². The van der Waals surface area contributed by atoms with Crippen molar-refractivity contribution < 1.29 is 9.59 Å². The Morgan fingerprint density at radius 2 is 1.12 bits per heavy atom. The van der Waals surface area contributed by atoms with Crippen LogP contribution in [0, 0.1) is 22.7 Å². The third kappa shape index (κ3) is 6.38. The molecule has 8 nitrogen and oxygen atoms in total. The predicted molar refractivity (Wildman–Crippen MR) is 98.5 cm³/mol. The third-order valence-corrected chi connectivity index (χ3v) is 2.91. The minimum Gasteiger partial charge on any atom is -0.382 e. The molecule has 8 heteroatoms. The smallest absolute Gasteiger partial charge is 0.267 e. The number of nitriles is 2. The SMILES string of the molecule is CN(C)C=C(C#N)C(=O)Nc1ccc(NC(=O)C(C#N)=CN(C)C)cc1. The van der Waals surface area contributed by atoms with Crippen LogP contribution in [-0.2, 0) is 9.59 Å². The van der Waals surface area contributed by atoms with Crippen LogP contribution < -0.4 is 10.6 Å². The van der Waals surface area contributed by atoms with Gasteiger partial charge in [0.05, 0.1) is 0 Å². The van der Waals surface area contributed by atoms with E-state index in [0.29, 0.717) is 11.4 Å². The van der Waals surface area contributed by atoms with Gasteiger partial charge in [-0.05, 0) is 24.3 Å². The predicted octanol–water partition coefficient (Wildman–Crippen LogP) is 1.50. The third-order valence-electron chi connectivity index (χ3n) is 2.91. The number of hydrogen-bond acceptors (Lipinski definition) is 6. The van der Waals surface area contributed by atoms with E-state index in [4.69, 9.17) is 10.5 Å². The fraction of sp³-hybridized carbons (Fsp3) is 0.222. The van der Waals surface area contributed by atoms with Crippen molar-refractivity contribution in [3.63, 3.8) is 0 Å². The zero-order valence-corrected chi connectivity index (χ0v) is 15.1. The lowest BCUT2D eigenvalue weighted by Gasteiger charge is -2.10. The van der Waals surface area contributed by atoms with Crippen LogP contribution in [0.3, 0.4) is 0 Å². The quantitative estimate of drug-likeness (QED) is 0.593. The van der Waals surface area contributed by atoms with Crippen molar-refractivity contribution in [1.29, 1.82) is 10.5 Å². The van der Waals surface area contributed by atoms with E-state index >= 15 is 0 Å². The summed E-state index contributed by atoms with van der Waals surface area (Å²) < 4.78 is 0. The second kappa shape index (κ2) is 9.50.